The van der Waals surface area contributed by atoms with Gasteiger partial charge in [0.25, 0.3) is 10.1 Å². The number of carbonyl (C=O) groups is 2. The van der Waals surface area contributed by atoms with E-state index in [1.165, 1.54) is 77.0 Å². The van der Waals surface area contributed by atoms with E-state index in [-0.39, 0.29) is 19.4 Å². The zero-order valence-electron chi connectivity index (χ0n) is 33.3. The summed E-state index contributed by atoms with van der Waals surface area (Å²) < 4.78 is 53.8. The van der Waals surface area contributed by atoms with E-state index in [4.69, 9.17) is 18.9 Å². The normalized spacial score (nSPS) is 21.2. The zero-order chi connectivity index (χ0) is 39.9. The van der Waals surface area contributed by atoms with Crippen molar-refractivity contribution in [2.75, 3.05) is 19.0 Å². The molecule has 0 bridgehead atoms. The van der Waals surface area contributed by atoms with E-state index >= 15 is 0 Å². The predicted octanol–water partition coefficient (Wildman–Crippen LogP) is 7.67. The van der Waals surface area contributed by atoms with Crippen molar-refractivity contribution in [2.24, 2.45) is 0 Å². The van der Waals surface area contributed by atoms with Gasteiger partial charge >= 0.3 is 11.9 Å². The third-order valence-corrected chi connectivity index (χ3v) is 10.3. The highest BCUT2D eigenvalue weighted by atomic mass is 32.2. The molecule has 0 aromatic carbocycles. The van der Waals surface area contributed by atoms with Crippen LogP contribution in [0.5, 0.6) is 0 Å². The van der Waals surface area contributed by atoms with Gasteiger partial charge in [0, 0.05) is 12.8 Å². The fourth-order valence-electron chi connectivity index (χ4n) is 6.20. The summed E-state index contributed by atoms with van der Waals surface area (Å²) in [6.07, 6.45) is 23.9. The molecule has 0 aromatic heterocycles. The number of ether oxygens (including phenoxy) is 4. The van der Waals surface area contributed by atoms with Crippen molar-refractivity contribution in [3.05, 3.63) is 24.3 Å². The Morgan fingerprint density at radius 3 is 1.67 bits per heavy atom. The predicted molar refractivity (Wildman–Crippen MR) is 210 cm³/mol. The first kappa shape index (κ1) is 50.1. The van der Waals surface area contributed by atoms with E-state index in [1.54, 1.807) is 0 Å². The second-order valence-electron chi connectivity index (χ2n) is 14.6. The lowest BCUT2D eigenvalue weighted by atomic mass is 10.00. The molecule has 0 saturated carbocycles. The van der Waals surface area contributed by atoms with Crippen LogP contribution >= 0.6 is 0 Å². The molecule has 13 heteroatoms. The Morgan fingerprint density at radius 1 is 0.611 bits per heavy atom. The molecule has 12 nitrogen and oxygen atoms in total. The van der Waals surface area contributed by atoms with Gasteiger partial charge in [0.2, 0.25) is 0 Å². The summed E-state index contributed by atoms with van der Waals surface area (Å²) in [7, 11) is -4.60. The maximum Gasteiger partial charge on any atom is 0.306 e. The van der Waals surface area contributed by atoms with Gasteiger partial charge in [-0.15, -0.1) is 0 Å². The van der Waals surface area contributed by atoms with Crippen LogP contribution in [0.3, 0.4) is 0 Å². The van der Waals surface area contributed by atoms with Gasteiger partial charge in [-0.1, -0.05) is 134 Å². The topological polar surface area (TPSA) is 186 Å². The van der Waals surface area contributed by atoms with Crippen molar-refractivity contribution in [1.82, 2.24) is 0 Å². The molecule has 0 amide bonds. The zero-order valence-corrected chi connectivity index (χ0v) is 34.1. The molecule has 0 aliphatic carbocycles. The van der Waals surface area contributed by atoms with Crippen LogP contribution in [-0.2, 0) is 38.7 Å². The molecule has 1 rings (SSSR count). The second kappa shape index (κ2) is 32.2. The molecule has 54 heavy (non-hydrogen) atoms. The highest BCUT2D eigenvalue weighted by Gasteiger charge is 2.46. The summed E-state index contributed by atoms with van der Waals surface area (Å²) in [5, 5.41) is 30.8. The van der Waals surface area contributed by atoms with E-state index in [0.29, 0.717) is 12.8 Å². The van der Waals surface area contributed by atoms with E-state index in [9.17, 15) is 37.9 Å². The molecule has 6 atom stereocenters. The lowest BCUT2D eigenvalue weighted by molar-refractivity contribution is -0.297. The molecular weight excluding hydrogens is 717 g/mol. The van der Waals surface area contributed by atoms with Crippen LogP contribution in [0.1, 0.15) is 168 Å². The second-order valence-corrected chi connectivity index (χ2v) is 16.1. The molecule has 316 valence electrons. The minimum Gasteiger partial charge on any atom is -0.462 e. The molecule has 0 aromatic rings. The molecule has 4 N–H and O–H groups in total. The smallest absolute Gasteiger partial charge is 0.306 e. The molecule has 0 radical (unpaired) electrons. The Kier molecular flexibility index (Phi) is 29.9. The first-order valence-electron chi connectivity index (χ1n) is 20.9. The lowest BCUT2D eigenvalue weighted by Gasteiger charge is -2.40. The molecule has 0 spiro atoms. The molecular formula is C41H74O12S. The van der Waals surface area contributed by atoms with Crippen LogP contribution in [0.25, 0.3) is 0 Å². The lowest BCUT2D eigenvalue weighted by Crippen LogP contribution is -2.60. The number of hydrogen-bond donors (Lipinski definition) is 4. The van der Waals surface area contributed by atoms with Gasteiger partial charge in [-0.05, 0) is 44.9 Å². The van der Waals surface area contributed by atoms with Crippen LogP contribution in [0, 0.1) is 0 Å². The van der Waals surface area contributed by atoms with E-state index in [0.717, 1.165) is 51.4 Å². The van der Waals surface area contributed by atoms with Crippen LogP contribution in [0.15, 0.2) is 24.3 Å². The van der Waals surface area contributed by atoms with Crippen molar-refractivity contribution < 1.29 is 56.8 Å². The van der Waals surface area contributed by atoms with Crippen LogP contribution in [0.4, 0.5) is 0 Å². The average molecular weight is 791 g/mol. The Bertz CT molecular complexity index is 1110. The van der Waals surface area contributed by atoms with Crippen LogP contribution < -0.4 is 0 Å². The van der Waals surface area contributed by atoms with Gasteiger partial charge in [0.05, 0.1) is 6.61 Å². The molecule has 2 unspecified atom stereocenters. The Balaban J connectivity index is 2.50. The van der Waals surface area contributed by atoms with Gasteiger partial charge < -0.3 is 34.3 Å². The number of carbonyl (C=O) groups excluding carboxylic acids is 2. The highest BCUT2D eigenvalue weighted by Crippen LogP contribution is 2.24. The standard InChI is InChI=1S/C41H74O12S/c1-3-5-7-9-11-13-15-16-17-18-20-21-23-25-27-29-36(42)50-31-34(52-37(43)30-28-26-24-22-19-14-12-10-8-6-4-2)32-51-41-40(46)39(45)38(44)35(53-41)33-54(47,48)49/h10,12,23,25,34-35,38-41,44-46H,3-9,11,13-22,24,26-33H2,1-2H3,(H,47,48,49)/b12-10+,25-23+/t34-,35-,38-,39?,40?,41+/m1/s1. The van der Waals surface area contributed by atoms with Gasteiger partial charge in [0.15, 0.2) is 12.4 Å². The molecule has 1 aliphatic heterocycles. The van der Waals surface area contributed by atoms with Crippen molar-refractivity contribution in [3.8, 4) is 0 Å². The number of aliphatic hydroxyl groups is 3. The third kappa shape index (κ3) is 26.9. The fraction of sp³-hybridized carbons (Fsp3) is 0.854. The van der Waals surface area contributed by atoms with Gasteiger partial charge in [0.1, 0.15) is 36.8 Å². The maximum absolute atomic E-state index is 12.7. The Labute approximate surface area is 326 Å². The number of aliphatic hydroxyl groups excluding tert-OH is 3. The molecule has 1 saturated heterocycles. The van der Waals surface area contributed by atoms with Gasteiger partial charge in [-0.3, -0.25) is 14.1 Å². The summed E-state index contributed by atoms with van der Waals surface area (Å²) in [6, 6.07) is 0. The minimum atomic E-state index is -4.60. The van der Waals surface area contributed by atoms with Crippen LogP contribution in [0.2, 0.25) is 0 Å². The Hall–Kier alpha value is -1.87. The number of unbranched alkanes of at least 4 members (excludes halogenated alkanes) is 18. The highest BCUT2D eigenvalue weighted by molar-refractivity contribution is 7.85. The Morgan fingerprint density at radius 2 is 1.11 bits per heavy atom. The summed E-state index contributed by atoms with van der Waals surface area (Å²) in [6.45, 7) is 3.66. The molecule has 1 aliphatic rings. The number of hydrogen-bond acceptors (Lipinski definition) is 11. The van der Waals surface area contributed by atoms with Gasteiger partial charge in [-0.25, -0.2) is 0 Å². The van der Waals surface area contributed by atoms with E-state index in [2.05, 4.69) is 32.1 Å². The van der Waals surface area contributed by atoms with Gasteiger partial charge in [-0.2, -0.15) is 8.42 Å². The summed E-state index contributed by atoms with van der Waals surface area (Å²) >= 11 is 0. The van der Waals surface area contributed by atoms with Crippen molar-refractivity contribution in [1.29, 1.82) is 0 Å². The van der Waals surface area contributed by atoms with Crippen LogP contribution in [-0.4, -0.2) is 96.0 Å². The fourth-order valence-corrected chi connectivity index (χ4v) is 6.89. The maximum atomic E-state index is 12.7. The summed E-state index contributed by atoms with van der Waals surface area (Å²) in [4.78, 5) is 25.2. The minimum absolute atomic E-state index is 0.136. The van der Waals surface area contributed by atoms with Crippen molar-refractivity contribution in [3.63, 3.8) is 0 Å². The monoisotopic (exact) mass is 790 g/mol. The van der Waals surface area contributed by atoms with E-state index < -0.39 is 71.2 Å². The molecule has 1 fully saturated rings. The first-order valence-corrected chi connectivity index (χ1v) is 22.5. The first-order chi connectivity index (χ1) is 26.0. The quantitative estimate of drug-likeness (QED) is 0.0216. The number of esters is 2. The van der Waals surface area contributed by atoms with E-state index in [1.807, 2.05) is 6.08 Å². The SMILES string of the molecule is CCCC/C=C/CCCCCCCC(=O)O[C@H](COC(=O)CC/C=C/CCCCCCCCCCCCC)CO[C@H]1O[C@H](CS(=O)(=O)O)[C@@H](O)C(O)C1O. The van der Waals surface area contributed by atoms with Crippen molar-refractivity contribution in [2.45, 2.75) is 205 Å². The van der Waals surface area contributed by atoms with Crippen molar-refractivity contribution >= 4 is 22.1 Å². The summed E-state index contributed by atoms with van der Waals surface area (Å²) in [5.74, 6) is -2.05. The third-order valence-electron chi connectivity index (χ3n) is 9.52. The average Bonchev–Trinajstić information content (AvgIpc) is 3.13. The largest absolute Gasteiger partial charge is 0.462 e. The number of rotatable bonds is 34. The molecule has 1 heterocycles. The number of allylic oxidation sites excluding steroid dienone is 4. The summed E-state index contributed by atoms with van der Waals surface area (Å²) in [5.41, 5.74) is 0.